The van der Waals surface area contributed by atoms with E-state index in [-0.39, 0.29) is 41.8 Å². The molecule has 8 nitrogen and oxygen atoms in total. The van der Waals surface area contributed by atoms with Gasteiger partial charge in [-0.15, -0.1) is 12.4 Å². The number of ether oxygens (including phenoxy) is 3. The standard InChI is InChI=1S/C26H28FN3O5.ClH/c1-15-18(5-6-19-21(15)14-35-26(19)32)23-12-30-8-7-29(10-17(30)13-34-23)11-22(31)20-4-3-16(9-28)24(27)25(20)33-2;/h3-6,17,22-23,31H,7-8,10-14H2,1-2H3;1H/t17-,22?,23+;/m1./s1. The largest absolute Gasteiger partial charge is 0.493 e. The average molecular weight is 518 g/mol. The maximum Gasteiger partial charge on any atom is 0.338 e. The van der Waals surface area contributed by atoms with Crippen LogP contribution in [-0.4, -0.2) is 73.4 Å². The minimum absolute atomic E-state index is 0. The summed E-state index contributed by atoms with van der Waals surface area (Å²) in [5, 5.41) is 19.9. The van der Waals surface area contributed by atoms with Crippen molar-refractivity contribution in [3.8, 4) is 11.8 Å². The minimum Gasteiger partial charge on any atom is -0.493 e. The zero-order valence-corrected chi connectivity index (χ0v) is 21.0. The molecule has 0 bridgehead atoms. The van der Waals surface area contributed by atoms with Crippen molar-refractivity contribution in [1.29, 1.82) is 5.26 Å². The number of halogens is 2. The van der Waals surface area contributed by atoms with Gasteiger partial charge in [0.1, 0.15) is 12.7 Å². The first-order valence-corrected chi connectivity index (χ1v) is 11.7. The lowest BCUT2D eigenvalue weighted by Crippen LogP contribution is -2.58. The number of nitrogens with zero attached hydrogens (tertiary/aromatic N) is 3. The Morgan fingerprint density at radius 3 is 2.83 bits per heavy atom. The fraction of sp³-hybridized carbons (Fsp3) is 0.462. The first-order chi connectivity index (χ1) is 16.9. The van der Waals surface area contributed by atoms with E-state index in [1.54, 1.807) is 12.1 Å². The maximum absolute atomic E-state index is 14.5. The molecule has 0 spiro atoms. The van der Waals surface area contributed by atoms with Gasteiger partial charge in [-0.3, -0.25) is 9.80 Å². The number of aliphatic hydroxyl groups is 1. The van der Waals surface area contributed by atoms with Gasteiger partial charge in [0.05, 0.1) is 37.1 Å². The van der Waals surface area contributed by atoms with Gasteiger partial charge in [0, 0.05) is 49.9 Å². The van der Waals surface area contributed by atoms with Crippen LogP contribution in [0.4, 0.5) is 4.39 Å². The second-order valence-corrected chi connectivity index (χ2v) is 9.29. The third-order valence-electron chi connectivity index (χ3n) is 7.38. The van der Waals surface area contributed by atoms with E-state index < -0.39 is 11.9 Å². The highest BCUT2D eigenvalue weighted by atomic mass is 35.5. The summed E-state index contributed by atoms with van der Waals surface area (Å²) < 4.78 is 31.1. The van der Waals surface area contributed by atoms with E-state index >= 15 is 0 Å². The first-order valence-electron chi connectivity index (χ1n) is 11.7. The smallest absolute Gasteiger partial charge is 0.338 e. The number of fused-ring (bicyclic) bond motifs is 2. The van der Waals surface area contributed by atoms with Crippen LogP contribution in [0.1, 0.15) is 50.4 Å². The molecule has 36 heavy (non-hydrogen) atoms. The number of esters is 1. The highest BCUT2D eigenvalue weighted by molar-refractivity contribution is 5.94. The number of hydrogen-bond donors (Lipinski definition) is 1. The van der Waals surface area contributed by atoms with E-state index in [1.807, 2.05) is 19.1 Å². The fourth-order valence-electron chi connectivity index (χ4n) is 5.39. The molecule has 3 aliphatic rings. The first kappa shape index (κ1) is 26.3. The van der Waals surface area contributed by atoms with Crippen LogP contribution < -0.4 is 4.74 Å². The SMILES string of the molecule is COc1c(C(O)CN2CCN3C[C@@H](c4ccc5c(c4C)COC5=O)OC[C@H]3C2)ccc(C#N)c1F.Cl. The molecule has 0 amide bonds. The molecule has 3 aliphatic heterocycles. The zero-order valence-electron chi connectivity index (χ0n) is 20.2. The molecule has 3 heterocycles. The van der Waals surface area contributed by atoms with Crippen LogP contribution in [0.25, 0.3) is 0 Å². The number of nitriles is 1. The number of β-amino-alcohol motifs (C(OH)–C–C–N with tert-alkyl or cyclic N) is 1. The molecule has 3 atom stereocenters. The molecule has 0 radical (unpaired) electrons. The summed E-state index contributed by atoms with van der Waals surface area (Å²) in [5.74, 6) is -1.10. The lowest BCUT2D eigenvalue weighted by Gasteiger charge is -2.46. The lowest BCUT2D eigenvalue weighted by molar-refractivity contribution is -0.0939. The van der Waals surface area contributed by atoms with Crippen molar-refractivity contribution < 1.29 is 28.5 Å². The molecule has 1 unspecified atom stereocenters. The van der Waals surface area contributed by atoms with Crippen LogP contribution in [-0.2, 0) is 16.1 Å². The van der Waals surface area contributed by atoms with E-state index in [1.165, 1.54) is 13.2 Å². The molecule has 192 valence electrons. The molecule has 2 aromatic rings. The van der Waals surface area contributed by atoms with Gasteiger partial charge in [0.2, 0.25) is 0 Å². The van der Waals surface area contributed by atoms with E-state index in [0.717, 1.165) is 42.9 Å². The predicted octanol–water partition coefficient (Wildman–Crippen LogP) is 2.90. The van der Waals surface area contributed by atoms with E-state index in [0.29, 0.717) is 30.9 Å². The number of rotatable bonds is 5. The number of morpholine rings is 1. The van der Waals surface area contributed by atoms with Gasteiger partial charge in [-0.05, 0) is 30.2 Å². The summed E-state index contributed by atoms with van der Waals surface area (Å²) in [6, 6.07) is 8.71. The van der Waals surface area contributed by atoms with Crippen molar-refractivity contribution in [3.63, 3.8) is 0 Å². The second-order valence-electron chi connectivity index (χ2n) is 9.29. The van der Waals surface area contributed by atoms with Gasteiger partial charge in [0.25, 0.3) is 0 Å². The molecule has 1 N–H and O–H groups in total. The monoisotopic (exact) mass is 517 g/mol. The molecule has 0 aliphatic carbocycles. The van der Waals surface area contributed by atoms with Crippen LogP contribution in [0.5, 0.6) is 5.75 Å². The van der Waals surface area contributed by atoms with Crippen LogP contribution >= 0.6 is 12.4 Å². The molecule has 0 aromatic heterocycles. The number of hydrogen-bond acceptors (Lipinski definition) is 8. The average Bonchev–Trinajstić information content (AvgIpc) is 3.25. The lowest BCUT2D eigenvalue weighted by atomic mass is 9.94. The summed E-state index contributed by atoms with van der Waals surface area (Å²) in [4.78, 5) is 16.4. The zero-order chi connectivity index (χ0) is 24.7. The van der Waals surface area contributed by atoms with Gasteiger partial charge in [-0.1, -0.05) is 12.1 Å². The van der Waals surface area contributed by atoms with Gasteiger partial charge in [0.15, 0.2) is 11.6 Å². The number of methoxy groups -OCH3 is 1. The molecular formula is C26H29ClFN3O5. The fourth-order valence-corrected chi connectivity index (χ4v) is 5.39. The summed E-state index contributed by atoms with van der Waals surface area (Å²) in [5.41, 5.74) is 3.96. The minimum atomic E-state index is -0.949. The predicted molar refractivity (Wildman–Crippen MR) is 131 cm³/mol. The Bertz CT molecular complexity index is 1200. The number of carbonyl (C=O) groups is 1. The number of benzene rings is 2. The normalized spacial score (nSPS) is 22.6. The summed E-state index contributed by atoms with van der Waals surface area (Å²) in [6.07, 6.45) is -1.02. The van der Waals surface area contributed by atoms with E-state index in [2.05, 4.69) is 9.80 Å². The Hall–Kier alpha value is -2.74. The van der Waals surface area contributed by atoms with E-state index in [4.69, 9.17) is 19.5 Å². The Kier molecular flexibility index (Phi) is 7.83. The van der Waals surface area contributed by atoms with Crippen LogP contribution in [0, 0.1) is 24.1 Å². The summed E-state index contributed by atoms with van der Waals surface area (Å²) >= 11 is 0. The molecular weight excluding hydrogens is 489 g/mol. The highest BCUT2D eigenvalue weighted by Crippen LogP contribution is 2.35. The molecule has 5 rings (SSSR count). The highest BCUT2D eigenvalue weighted by Gasteiger charge is 2.36. The van der Waals surface area contributed by atoms with Crippen LogP contribution in [0.15, 0.2) is 24.3 Å². The van der Waals surface area contributed by atoms with Crippen LogP contribution in [0.3, 0.4) is 0 Å². The van der Waals surface area contributed by atoms with Crippen molar-refractivity contribution in [2.45, 2.75) is 31.8 Å². The van der Waals surface area contributed by atoms with Crippen molar-refractivity contribution in [1.82, 2.24) is 9.80 Å². The number of aliphatic hydroxyl groups excluding tert-OH is 1. The summed E-state index contributed by atoms with van der Waals surface area (Å²) in [7, 11) is 1.33. The Labute approximate surface area is 215 Å². The van der Waals surface area contributed by atoms with Crippen molar-refractivity contribution in [3.05, 3.63) is 63.5 Å². The van der Waals surface area contributed by atoms with Gasteiger partial charge in [-0.2, -0.15) is 5.26 Å². The van der Waals surface area contributed by atoms with E-state index in [9.17, 15) is 14.3 Å². The molecule has 10 heteroatoms. The van der Waals surface area contributed by atoms with Crippen molar-refractivity contribution >= 4 is 18.4 Å². The quantitative estimate of drug-likeness (QED) is 0.605. The van der Waals surface area contributed by atoms with Gasteiger partial charge < -0.3 is 19.3 Å². The van der Waals surface area contributed by atoms with Crippen molar-refractivity contribution in [2.24, 2.45) is 0 Å². The number of cyclic esters (lactones) is 1. The van der Waals surface area contributed by atoms with Crippen LogP contribution in [0.2, 0.25) is 0 Å². The Morgan fingerprint density at radius 2 is 2.08 bits per heavy atom. The summed E-state index contributed by atoms with van der Waals surface area (Å²) in [6.45, 7) is 6.27. The number of carbonyl (C=O) groups excluding carboxylic acids is 1. The molecule has 2 saturated heterocycles. The molecule has 0 saturated carbocycles. The van der Waals surface area contributed by atoms with Gasteiger partial charge >= 0.3 is 5.97 Å². The second kappa shape index (κ2) is 10.7. The molecule has 2 fully saturated rings. The molecule has 2 aromatic carbocycles. The Morgan fingerprint density at radius 1 is 1.28 bits per heavy atom. The Balaban J connectivity index is 0.00000304. The van der Waals surface area contributed by atoms with Gasteiger partial charge in [-0.25, -0.2) is 9.18 Å². The third-order valence-corrected chi connectivity index (χ3v) is 7.38. The number of piperazine rings is 1. The third kappa shape index (κ3) is 4.67. The topological polar surface area (TPSA) is 95.3 Å². The van der Waals surface area contributed by atoms with Crippen molar-refractivity contribution in [2.75, 3.05) is 46.4 Å². The maximum atomic E-state index is 14.5.